The number of hydrogen-bond acceptors (Lipinski definition) is 4. The van der Waals surface area contributed by atoms with Crippen LogP contribution in [0.3, 0.4) is 0 Å². The minimum atomic E-state index is -0.351. The van der Waals surface area contributed by atoms with Crippen molar-refractivity contribution in [2.75, 3.05) is 18.0 Å². The zero-order chi connectivity index (χ0) is 14.0. The monoisotopic (exact) mass is 284 g/mol. The number of nitro benzene ring substituents is 1. The Morgan fingerprint density at radius 2 is 2.05 bits per heavy atom. The fourth-order valence-corrected chi connectivity index (χ4v) is 2.61. The van der Waals surface area contributed by atoms with Crippen LogP contribution in [0.1, 0.15) is 19.4 Å². The van der Waals surface area contributed by atoms with Crippen LogP contribution < -0.4 is 4.90 Å². The second-order valence-corrected chi connectivity index (χ2v) is 5.14. The summed E-state index contributed by atoms with van der Waals surface area (Å²) in [4.78, 5) is 12.9. The topological polar surface area (TPSA) is 55.6 Å². The number of alkyl halides is 1. The molecule has 2 atom stereocenters. The third kappa shape index (κ3) is 3.16. The van der Waals surface area contributed by atoms with Crippen LogP contribution in [0.5, 0.6) is 0 Å². The van der Waals surface area contributed by atoms with Crippen molar-refractivity contribution in [3.05, 3.63) is 33.9 Å². The molecule has 1 saturated heterocycles. The molecule has 0 bridgehead atoms. The van der Waals surface area contributed by atoms with Crippen molar-refractivity contribution in [2.24, 2.45) is 0 Å². The van der Waals surface area contributed by atoms with Gasteiger partial charge in [0.05, 0.1) is 17.1 Å². The maximum absolute atomic E-state index is 11.2. The zero-order valence-corrected chi connectivity index (χ0v) is 11.8. The largest absolute Gasteiger partial charge is 0.372 e. The Morgan fingerprint density at radius 1 is 1.42 bits per heavy atom. The number of nitrogens with zero attached hydrogens (tertiary/aromatic N) is 2. The van der Waals surface area contributed by atoms with Gasteiger partial charge >= 0.3 is 0 Å². The van der Waals surface area contributed by atoms with Gasteiger partial charge in [0.15, 0.2) is 0 Å². The number of anilines is 1. The normalized spacial score (nSPS) is 23.4. The SMILES string of the molecule is C[C@@H]1CN(c2ccc(CCl)cc2[N+](=O)[O-])C[C@H](C)O1. The number of hydrogen-bond donors (Lipinski definition) is 0. The lowest BCUT2D eigenvalue weighted by molar-refractivity contribution is -0.384. The predicted octanol–water partition coefficient (Wildman–Crippen LogP) is 2.95. The van der Waals surface area contributed by atoms with E-state index in [4.69, 9.17) is 16.3 Å². The van der Waals surface area contributed by atoms with E-state index in [-0.39, 0.29) is 28.7 Å². The van der Waals surface area contributed by atoms with Gasteiger partial charge in [0, 0.05) is 25.0 Å². The molecule has 0 amide bonds. The first-order valence-electron chi connectivity index (χ1n) is 6.25. The Hall–Kier alpha value is -1.33. The van der Waals surface area contributed by atoms with Gasteiger partial charge < -0.3 is 9.64 Å². The number of rotatable bonds is 3. The van der Waals surface area contributed by atoms with E-state index < -0.39 is 0 Å². The summed E-state index contributed by atoms with van der Waals surface area (Å²) in [5, 5.41) is 11.2. The first-order valence-corrected chi connectivity index (χ1v) is 6.78. The van der Waals surface area contributed by atoms with Crippen LogP contribution in [0.25, 0.3) is 0 Å². The minimum absolute atomic E-state index is 0.0658. The molecule has 0 N–H and O–H groups in total. The lowest BCUT2D eigenvalue weighted by Crippen LogP contribution is -2.45. The maximum Gasteiger partial charge on any atom is 0.292 e. The second-order valence-electron chi connectivity index (χ2n) is 4.88. The molecule has 19 heavy (non-hydrogen) atoms. The number of ether oxygens (including phenoxy) is 1. The van der Waals surface area contributed by atoms with Gasteiger partial charge in [-0.1, -0.05) is 6.07 Å². The lowest BCUT2D eigenvalue weighted by Gasteiger charge is -2.36. The second kappa shape index (κ2) is 5.75. The van der Waals surface area contributed by atoms with Crippen molar-refractivity contribution in [1.29, 1.82) is 0 Å². The van der Waals surface area contributed by atoms with Gasteiger partial charge in [0.1, 0.15) is 5.69 Å². The predicted molar refractivity (Wildman–Crippen MR) is 74.9 cm³/mol. The molecule has 6 heteroatoms. The van der Waals surface area contributed by atoms with E-state index in [1.54, 1.807) is 12.1 Å². The highest BCUT2D eigenvalue weighted by Gasteiger charge is 2.27. The van der Waals surface area contributed by atoms with E-state index in [1.807, 2.05) is 24.8 Å². The summed E-state index contributed by atoms with van der Waals surface area (Å²) in [6.07, 6.45) is 0.132. The van der Waals surface area contributed by atoms with Gasteiger partial charge in [-0.2, -0.15) is 0 Å². The number of nitro groups is 1. The van der Waals surface area contributed by atoms with Crippen LogP contribution in [0.2, 0.25) is 0 Å². The van der Waals surface area contributed by atoms with E-state index in [9.17, 15) is 10.1 Å². The quantitative estimate of drug-likeness (QED) is 0.486. The summed E-state index contributed by atoms with van der Waals surface area (Å²) in [6, 6.07) is 5.16. The standard InChI is InChI=1S/C13H17ClN2O3/c1-9-7-15(8-10(2)19-9)12-4-3-11(6-14)5-13(12)16(17)18/h3-5,9-10H,6-8H2,1-2H3/t9-,10+. The molecule has 2 rings (SSSR count). The molecule has 0 aliphatic carbocycles. The Bertz CT molecular complexity index is 471. The molecule has 0 spiro atoms. The highest BCUT2D eigenvalue weighted by Crippen LogP contribution is 2.31. The van der Waals surface area contributed by atoms with E-state index in [2.05, 4.69) is 0 Å². The van der Waals surface area contributed by atoms with Gasteiger partial charge in [0.2, 0.25) is 0 Å². The maximum atomic E-state index is 11.2. The van der Waals surface area contributed by atoms with Gasteiger partial charge in [-0.15, -0.1) is 11.6 Å². The van der Waals surface area contributed by atoms with Crippen LogP contribution >= 0.6 is 11.6 Å². The molecule has 104 valence electrons. The fraction of sp³-hybridized carbons (Fsp3) is 0.538. The molecule has 5 nitrogen and oxygen atoms in total. The first kappa shape index (κ1) is 14.1. The average molecular weight is 285 g/mol. The molecule has 0 aromatic heterocycles. The molecule has 0 saturated carbocycles. The van der Waals surface area contributed by atoms with Crippen LogP contribution in [0.4, 0.5) is 11.4 Å². The van der Waals surface area contributed by atoms with Gasteiger partial charge in [-0.05, 0) is 25.5 Å². The van der Waals surface area contributed by atoms with Crippen molar-refractivity contribution in [3.63, 3.8) is 0 Å². The molecule has 0 radical (unpaired) electrons. The summed E-state index contributed by atoms with van der Waals surface area (Å²) in [6.45, 7) is 5.26. The molecule has 0 unspecified atom stereocenters. The van der Waals surface area contributed by atoms with Crippen molar-refractivity contribution in [2.45, 2.75) is 31.9 Å². The van der Waals surface area contributed by atoms with Gasteiger partial charge in [0.25, 0.3) is 5.69 Å². The fourth-order valence-electron chi connectivity index (χ4n) is 2.44. The van der Waals surface area contributed by atoms with Crippen molar-refractivity contribution in [3.8, 4) is 0 Å². The van der Waals surface area contributed by atoms with Crippen LogP contribution in [0, 0.1) is 10.1 Å². The first-order chi connectivity index (χ1) is 9.01. The number of morpholine rings is 1. The van der Waals surface area contributed by atoms with E-state index >= 15 is 0 Å². The number of benzene rings is 1. The highest BCUT2D eigenvalue weighted by atomic mass is 35.5. The smallest absolute Gasteiger partial charge is 0.292 e. The summed E-state index contributed by atoms with van der Waals surface area (Å²) in [5.74, 6) is 0.275. The molecule has 1 heterocycles. The Morgan fingerprint density at radius 3 is 2.58 bits per heavy atom. The van der Waals surface area contributed by atoms with E-state index in [0.717, 1.165) is 5.56 Å². The number of halogens is 1. The van der Waals surface area contributed by atoms with Crippen molar-refractivity contribution in [1.82, 2.24) is 0 Å². The molecule has 1 aromatic carbocycles. The molecule has 1 aromatic rings. The Balaban J connectivity index is 2.35. The summed E-state index contributed by atoms with van der Waals surface area (Å²) >= 11 is 5.73. The highest BCUT2D eigenvalue weighted by molar-refractivity contribution is 6.17. The van der Waals surface area contributed by atoms with E-state index in [0.29, 0.717) is 18.8 Å². The molecule has 1 aliphatic rings. The Kier molecular flexibility index (Phi) is 4.27. The molecule has 1 fully saturated rings. The third-order valence-electron chi connectivity index (χ3n) is 3.15. The molecular formula is C13H17ClN2O3. The van der Waals surface area contributed by atoms with Gasteiger partial charge in [-0.25, -0.2) is 0 Å². The van der Waals surface area contributed by atoms with Crippen LogP contribution in [-0.2, 0) is 10.6 Å². The molecular weight excluding hydrogens is 268 g/mol. The summed E-state index contributed by atoms with van der Waals surface area (Å²) in [7, 11) is 0. The van der Waals surface area contributed by atoms with Crippen LogP contribution in [0.15, 0.2) is 18.2 Å². The summed E-state index contributed by atoms with van der Waals surface area (Å²) in [5.41, 5.74) is 1.51. The van der Waals surface area contributed by atoms with E-state index in [1.165, 1.54) is 0 Å². The van der Waals surface area contributed by atoms with Crippen LogP contribution in [-0.4, -0.2) is 30.2 Å². The summed E-state index contributed by atoms with van der Waals surface area (Å²) < 4.78 is 5.65. The Labute approximate surface area is 117 Å². The molecule has 1 aliphatic heterocycles. The third-order valence-corrected chi connectivity index (χ3v) is 3.46. The zero-order valence-electron chi connectivity index (χ0n) is 11.0. The average Bonchev–Trinajstić information content (AvgIpc) is 2.36. The lowest BCUT2D eigenvalue weighted by atomic mass is 10.1. The van der Waals surface area contributed by atoms with Crippen molar-refractivity contribution >= 4 is 23.0 Å². The van der Waals surface area contributed by atoms with Crippen molar-refractivity contribution < 1.29 is 9.66 Å². The van der Waals surface area contributed by atoms with Gasteiger partial charge in [-0.3, -0.25) is 10.1 Å². The minimum Gasteiger partial charge on any atom is -0.372 e.